The van der Waals surface area contributed by atoms with Crippen LogP contribution in [0.4, 0.5) is 5.69 Å². The third-order valence-electron chi connectivity index (χ3n) is 2.90. The van der Waals surface area contributed by atoms with E-state index in [0.717, 1.165) is 11.3 Å². The molecule has 0 saturated heterocycles. The van der Waals surface area contributed by atoms with Crippen LogP contribution in [-0.4, -0.2) is 19.6 Å². The maximum atomic E-state index is 11.9. The molecule has 0 atom stereocenters. The van der Waals surface area contributed by atoms with Crippen LogP contribution in [0.25, 0.3) is 0 Å². The van der Waals surface area contributed by atoms with E-state index in [-0.39, 0.29) is 12.5 Å². The van der Waals surface area contributed by atoms with Crippen LogP contribution in [0.1, 0.15) is 5.56 Å². The number of rotatable bonds is 5. The molecule has 0 saturated carbocycles. The number of anilines is 1. The maximum Gasteiger partial charge on any atom is 0.262 e. The lowest BCUT2D eigenvalue weighted by Crippen LogP contribution is -2.20. The maximum absolute atomic E-state index is 11.9. The summed E-state index contributed by atoms with van der Waals surface area (Å²) in [5, 5.41) is 3.35. The molecule has 2 aromatic carbocycles. The SMILES string of the molecule is COc1ccc(OCC(=O)Nc2cc(Cl)ccc2C)cc1. The Balaban J connectivity index is 1.91. The van der Waals surface area contributed by atoms with E-state index in [1.54, 1.807) is 43.5 Å². The topological polar surface area (TPSA) is 47.6 Å². The zero-order valence-corrected chi connectivity index (χ0v) is 12.6. The van der Waals surface area contributed by atoms with Crippen molar-refractivity contribution >= 4 is 23.2 Å². The Morgan fingerprint density at radius 3 is 2.48 bits per heavy atom. The second kappa shape index (κ2) is 6.99. The zero-order valence-electron chi connectivity index (χ0n) is 11.9. The van der Waals surface area contributed by atoms with Crippen molar-refractivity contribution in [2.75, 3.05) is 19.0 Å². The van der Waals surface area contributed by atoms with Crippen molar-refractivity contribution in [3.8, 4) is 11.5 Å². The smallest absolute Gasteiger partial charge is 0.262 e. The second-order valence-electron chi connectivity index (χ2n) is 4.47. The van der Waals surface area contributed by atoms with E-state index in [1.807, 2.05) is 13.0 Å². The Labute approximate surface area is 128 Å². The molecule has 4 nitrogen and oxygen atoms in total. The van der Waals surface area contributed by atoms with E-state index in [0.29, 0.717) is 16.5 Å². The van der Waals surface area contributed by atoms with E-state index in [2.05, 4.69) is 5.32 Å². The Morgan fingerprint density at radius 1 is 1.14 bits per heavy atom. The van der Waals surface area contributed by atoms with Gasteiger partial charge in [0.05, 0.1) is 7.11 Å². The molecule has 2 aromatic rings. The van der Waals surface area contributed by atoms with Crippen molar-refractivity contribution in [2.45, 2.75) is 6.92 Å². The number of carbonyl (C=O) groups is 1. The summed E-state index contributed by atoms with van der Waals surface area (Å²) in [4.78, 5) is 11.9. The minimum absolute atomic E-state index is 0.0711. The first kappa shape index (κ1) is 15.2. The second-order valence-corrected chi connectivity index (χ2v) is 4.91. The number of halogens is 1. The Kier molecular flexibility index (Phi) is 5.06. The van der Waals surface area contributed by atoms with E-state index in [9.17, 15) is 4.79 Å². The van der Waals surface area contributed by atoms with Gasteiger partial charge in [0.2, 0.25) is 0 Å². The minimum atomic E-state index is -0.240. The Bertz CT molecular complexity index is 626. The van der Waals surface area contributed by atoms with Crippen molar-refractivity contribution in [1.29, 1.82) is 0 Å². The van der Waals surface area contributed by atoms with Crippen LogP contribution in [0.2, 0.25) is 5.02 Å². The molecule has 0 heterocycles. The first-order chi connectivity index (χ1) is 10.1. The summed E-state index contributed by atoms with van der Waals surface area (Å²) in [6.45, 7) is 1.83. The molecule has 2 rings (SSSR count). The molecule has 0 aliphatic heterocycles. The highest BCUT2D eigenvalue weighted by atomic mass is 35.5. The molecule has 0 aliphatic rings. The number of aryl methyl sites for hydroxylation is 1. The lowest BCUT2D eigenvalue weighted by Gasteiger charge is -2.10. The molecule has 0 bridgehead atoms. The van der Waals surface area contributed by atoms with Gasteiger partial charge in [-0.3, -0.25) is 4.79 Å². The van der Waals surface area contributed by atoms with Gasteiger partial charge >= 0.3 is 0 Å². The number of hydrogen-bond donors (Lipinski definition) is 1. The van der Waals surface area contributed by atoms with E-state index in [4.69, 9.17) is 21.1 Å². The van der Waals surface area contributed by atoms with Crippen LogP contribution in [-0.2, 0) is 4.79 Å². The number of hydrogen-bond acceptors (Lipinski definition) is 3. The van der Waals surface area contributed by atoms with Crippen molar-refractivity contribution < 1.29 is 14.3 Å². The number of ether oxygens (including phenoxy) is 2. The molecule has 0 aromatic heterocycles. The van der Waals surface area contributed by atoms with Gasteiger partial charge in [0, 0.05) is 10.7 Å². The summed E-state index contributed by atoms with van der Waals surface area (Å²) in [6.07, 6.45) is 0. The van der Waals surface area contributed by atoms with Gasteiger partial charge < -0.3 is 14.8 Å². The summed E-state index contributed by atoms with van der Waals surface area (Å²) in [5.74, 6) is 1.10. The summed E-state index contributed by atoms with van der Waals surface area (Å²) in [7, 11) is 1.59. The molecule has 0 unspecified atom stereocenters. The van der Waals surface area contributed by atoms with Gasteiger partial charge in [0.25, 0.3) is 5.91 Å². The normalized spacial score (nSPS) is 10.0. The molecule has 21 heavy (non-hydrogen) atoms. The highest BCUT2D eigenvalue weighted by Gasteiger charge is 2.06. The van der Waals surface area contributed by atoms with Crippen LogP contribution >= 0.6 is 11.6 Å². The molecule has 1 amide bonds. The van der Waals surface area contributed by atoms with Gasteiger partial charge in [-0.25, -0.2) is 0 Å². The molecule has 0 fully saturated rings. The van der Waals surface area contributed by atoms with Gasteiger partial charge in [0.15, 0.2) is 6.61 Å². The first-order valence-electron chi connectivity index (χ1n) is 6.41. The molecular formula is C16H16ClNO3. The van der Waals surface area contributed by atoms with Crippen LogP contribution in [0, 0.1) is 6.92 Å². The number of carbonyl (C=O) groups excluding carboxylic acids is 1. The van der Waals surface area contributed by atoms with Crippen LogP contribution in [0.5, 0.6) is 11.5 Å². The van der Waals surface area contributed by atoms with Crippen molar-refractivity contribution in [3.63, 3.8) is 0 Å². The van der Waals surface area contributed by atoms with Crippen molar-refractivity contribution in [1.82, 2.24) is 0 Å². The molecule has 5 heteroatoms. The fraction of sp³-hybridized carbons (Fsp3) is 0.188. The molecule has 1 N–H and O–H groups in total. The van der Waals surface area contributed by atoms with Crippen molar-refractivity contribution in [2.24, 2.45) is 0 Å². The monoisotopic (exact) mass is 305 g/mol. The summed E-state index contributed by atoms with van der Waals surface area (Å²) < 4.78 is 10.5. The average molecular weight is 306 g/mol. The van der Waals surface area contributed by atoms with Crippen LogP contribution in [0.3, 0.4) is 0 Å². The first-order valence-corrected chi connectivity index (χ1v) is 6.79. The van der Waals surface area contributed by atoms with E-state index >= 15 is 0 Å². The predicted octanol–water partition coefficient (Wildman–Crippen LogP) is 3.67. The molecular weight excluding hydrogens is 290 g/mol. The summed E-state index contributed by atoms with van der Waals surface area (Å²) in [6, 6.07) is 12.4. The fourth-order valence-corrected chi connectivity index (χ4v) is 1.91. The molecule has 0 spiro atoms. The van der Waals surface area contributed by atoms with Gasteiger partial charge in [-0.2, -0.15) is 0 Å². The van der Waals surface area contributed by atoms with Gasteiger partial charge in [0.1, 0.15) is 11.5 Å². The Morgan fingerprint density at radius 2 is 1.81 bits per heavy atom. The molecule has 110 valence electrons. The zero-order chi connectivity index (χ0) is 15.2. The third-order valence-corrected chi connectivity index (χ3v) is 3.14. The third kappa shape index (κ3) is 4.39. The number of nitrogens with one attached hydrogen (secondary N) is 1. The predicted molar refractivity (Wildman–Crippen MR) is 83.3 cm³/mol. The summed E-state index contributed by atoms with van der Waals surface area (Å²) in [5.41, 5.74) is 1.63. The molecule has 0 aliphatic carbocycles. The lowest BCUT2D eigenvalue weighted by molar-refractivity contribution is -0.118. The number of benzene rings is 2. The van der Waals surface area contributed by atoms with Crippen molar-refractivity contribution in [3.05, 3.63) is 53.1 Å². The van der Waals surface area contributed by atoms with Crippen LogP contribution < -0.4 is 14.8 Å². The van der Waals surface area contributed by atoms with Crippen LogP contribution in [0.15, 0.2) is 42.5 Å². The standard InChI is InChI=1S/C16H16ClNO3/c1-11-3-4-12(17)9-15(11)18-16(19)10-21-14-7-5-13(20-2)6-8-14/h3-9H,10H2,1-2H3,(H,18,19). The largest absolute Gasteiger partial charge is 0.497 e. The summed E-state index contributed by atoms with van der Waals surface area (Å²) >= 11 is 5.91. The van der Waals surface area contributed by atoms with E-state index in [1.165, 1.54) is 0 Å². The molecule has 0 radical (unpaired) electrons. The van der Waals surface area contributed by atoms with E-state index < -0.39 is 0 Å². The number of methoxy groups -OCH3 is 1. The highest BCUT2D eigenvalue weighted by molar-refractivity contribution is 6.31. The van der Waals surface area contributed by atoms with Gasteiger partial charge in [-0.05, 0) is 48.9 Å². The van der Waals surface area contributed by atoms with Gasteiger partial charge in [-0.15, -0.1) is 0 Å². The quantitative estimate of drug-likeness (QED) is 0.916. The fourth-order valence-electron chi connectivity index (χ4n) is 1.74. The minimum Gasteiger partial charge on any atom is -0.497 e. The lowest BCUT2D eigenvalue weighted by atomic mass is 10.2. The number of amides is 1. The average Bonchev–Trinajstić information content (AvgIpc) is 2.49. The highest BCUT2D eigenvalue weighted by Crippen LogP contribution is 2.20. The van der Waals surface area contributed by atoms with Gasteiger partial charge in [-0.1, -0.05) is 17.7 Å². The Hall–Kier alpha value is -2.20.